The van der Waals surface area contributed by atoms with Crippen LogP contribution < -0.4 is 20.9 Å². The Kier molecular flexibility index (Phi) is 4.46. The van der Waals surface area contributed by atoms with Gasteiger partial charge < -0.3 is 20.9 Å². The van der Waals surface area contributed by atoms with Gasteiger partial charge in [-0.2, -0.15) is 0 Å². The van der Waals surface area contributed by atoms with Gasteiger partial charge in [0.15, 0.2) is 5.75 Å². The van der Waals surface area contributed by atoms with Crippen LogP contribution in [0.2, 0.25) is 0 Å². The first kappa shape index (κ1) is 14.5. The van der Waals surface area contributed by atoms with Crippen molar-refractivity contribution in [2.75, 3.05) is 18.6 Å². The van der Waals surface area contributed by atoms with Crippen LogP contribution in [0.5, 0.6) is 11.5 Å². The van der Waals surface area contributed by atoms with Gasteiger partial charge in [0.05, 0.1) is 12.8 Å². The zero-order chi connectivity index (χ0) is 15.2. The summed E-state index contributed by atoms with van der Waals surface area (Å²) in [6.07, 6.45) is 2.96. The molecule has 0 saturated carbocycles. The van der Waals surface area contributed by atoms with Crippen LogP contribution in [0.1, 0.15) is 5.56 Å². The first-order valence-corrected chi connectivity index (χ1v) is 6.27. The Morgan fingerprint density at radius 1 is 1.14 bits per heavy atom. The lowest BCUT2D eigenvalue weighted by atomic mass is 10.2. The molecule has 0 aliphatic heterocycles. The third-order valence-corrected chi connectivity index (χ3v) is 2.75. The molecular formula is C16H16N2O3. The van der Waals surface area contributed by atoms with E-state index in [1.54, 1.807) is 31.4 Å². The molecule has 21 heavy (non-hydrogen) atoms. The largest absolute Gasteiger partial charge is 0.497 e. The molecule has 0 radical (unpaired) electrons. The second kappa shape index (κ2) is 6.47. The fourth-order valence-corrected chi connectivity index (χ4v) is 1.71. The molecule has 0 bridgehead atoms. The summed E-state index contributed by atoms with van der Waals surface area (Å²) >= 11 is 0. The molecule has 0 saturated heterocycles. The zero-order valence-corrected chi connectivity index (χ0v) is 11.6. The van der Waals surface area contributed by atoms with Gasteiger partial charge >= 0.3 is 5.97 Å². The lowest BCUT2D eigenvalue weighted by Gasteiger charge is -2.05. The number of methoxy groups -OCH3 is 1. The van der Waals surface area contributed by atoms with Crippen LogP contribution in [0.3, 0.4) is 0 Å². The van der Waals surface area contributed by atoms with Crippen LogP contribution in [-0.4, -0.2) is 13.1 Å². The normalized spacial score (nSPS) is 10.5. The van der Waals surface area contributed by atoms with Crippen LogP contribution in [0.25, 0.3) is 6.08 Å². The molecule has 4 N–H and O–H groups in total. The van der Waals surface area contributed by atoms with E-state index in [-0.39, 0.29) is 5.75 Å². The molecule has 5 nitrogen and oxygen atoms in total. The molecule has 0 spiro atoms. The number of hydrogen-bond donors (Lipinski definition) is 2. The Morgan fingerprint density at radius 3 is 2.67 bits per heavy atom. The minimum Gasteiger partial charge on any atom is -0.497 e. The van der Waals surface area contributed by atoms with Crippen LogP contribution in [0, 0.1) is 0 Å². The molecule has 0 aliphatic rings. The van der Waals surface area contributed by atoms with Gasteiger partial charge in [0, 0.05) is 11.8 Å². The fourth-order valence-electron chi connectivity index (χ4n) is 1.71. The number of anilines is 2. The van der Waals surface area contributed by atoms with Gasteiger partial charge in [-0.25, -0.2) is 4.79 Å². The van der Waals surface area contributed by atoms with Crippen LogP contribution >= 0.6 is 0 Å². The molecule has 0 atom stereocenters. The van der Waals surface area contributed by atoms with E-state index in [4.69, 9.17) is 20.9 Å². The van der Waals surface area contributed by atoms with Gasteiger partial charge in [-0.15, -0.1) is 0 Å². The van der Waals surface area contributed by atoms with E-state index in [1.165, 1.54) is 12.1 Å². The zero-order valence-electron chi connectivity index (χ0n) is 11.6. The van der Waals surface area contributed by atoms with E-state index in [0.29, 0.717) is 17.1 Å². The van der Waals surface area contributed by atoms with E-state index >= 15 is 0 Å². The van der Waals surface area contributed by atoms with Gasteiger partial charge in [-0.3, -0.25) is 0 Å². The van der Waals surface area contributed by atoms with Crippen molar-refractivity contribution in [2.45, 2.75) is 0 Å². The highest BCUT2D eigenvalue weighted by Crippen LogP contribution is 2.23. The maximum Gasteiger partial charge on any atom is 0.336 e. The summed E-state index contributed by atoms with van der Waals surface area (Å²) in [5.74, 6) is 0.479. The van der Waals surface area contributed by atoms with Crippen molar-refractivity contribution in [1.29, 1.82) is 0 Å². The maximum atomic E-state index is 11.8. The lowest BCUT2D eigenvalue weighted by molar-refractivity contribution is -0.128. The quantitative estimate of drug-likeness (QED) is 0.390. The van der Waals surface area contributed by atoms with E-state index in [9.17, 15) is 4.79 Å². The molecule has 0 unspecified atom stereocenters. The number of rotatable bonds is 4. The second-order valence-corrected chi connectivity index (χ2v) is 4.33. The first-order chi connectivity index (χ1) is 10.1. The van der Waals surface area contributed by atoms with Crippen molar-refractivity contribution in [3.63, 3.8) is 0 Å². The molecular weight excluding hydrogens is 268 g/mol. The molecule has 2 aromatic carbocycles. The molecule has 5 heteroatoms. The van der Waals surface area contributed by atoms with E-state index in [1.807, 2.05) is 18.2 Å². The summed E-state index contributed by atoms with van der Waals surface area (Å²) in [7, 11) is 1.58. The molecule has 0 heterocycles. The van der Waals surface area contributed by atoms with E-state index < -0.39 is 5.97 Å². The summed E-state index contributed by atoms with van der Waals surface area (Å²) in [6.45, 7) is 0. The molecule has 0 aromatic heterocycles. The van der Waals surface area contributed by atoms with Crippen molar-refractivity contribution in [3.05, 3.63) is 54.1 Å². The van der Waals surface area contributed by atoms with Gasteiger partial charge in [-0.1, -0.05) is 12.1 Å². The summed E-state index contributed by atoms with van der Waals surface area (Å²) in [6, 6.07) is 12.0. The van der Waals surface area contributed by atoms with Gasteiger partial charge in [0.2, 0.25) is 0 Å². The predicted molar refractivity (Wildman–Crippen MR) is 82.9 cm³/mol. The highest BCUT2D eigenvalue weighted by Gasteiger charge is 2.05. The number of hydrogen-bond acceptors (Lipinski definition) is 5. The Labute approximate surface area is 122 Å². The smallest absolute Gasteiger partial charge is 0.336 e. The Morgan fingerprint density at radius 2 is 1.95 bits per heavy atom. The highest BCUT2D eigenvalue weighted by atomic mass is 16.5. The van der Waals surface area contributed by atoms with Crippen molar-refractivity contribution >= 4 is 23.4 Å². The third kappa shape index (κ3) is 4.01. The predicted octanol–water partition coefficient (Wildman–Crippen LogP) is 2.48. The molecule has 0 fully saturated rings. The Hall–Kier alpha value is -2.95. The molecule has 2 rings (SSSR count). The van der Waals surface area contributed by atoms with Gasteiger partial charge in [0.25, 0.3) is 0 Å². The standard InChI is InChI=1S/C16H16N2O3/c1-20-13-4-2-3-11(9-13)5-8-16(19)21-15-7-6-12(17)10-14(15)18/h2-10H,17-18H2,1H3/b8-5+. The molecule has 108 valence electrons. The minimum absolute atomic E-state index is 0.282. The second-order valence-electron chi connectivity index (χ2n) is 4.33. The van der Waals surface area contributed by atoms with Crippen LogP contribution in [0.4, 0.5) is 11.4 Å². The van der Waals surface area contributed by atoms with Crippen molar-refractivity contribution in [2.24, 2.45) is 0 Å². The lowest BCUT2D eigenvalue weighted by Crippen LogP contribution is -2.06. The SMILES string of the molecule is COc1cccc(/C=C/C(=O)Oc2ccc(N)cc2N)c1. The number of nitrogen functional groups attached to an aromatic ring is 2. The van der Waals surface area contributed by atoms with Gasteiger partial charge in [0.1, 0.15) is 5.75 Å². The summed E-state index contributed by atoms with van der Waals surface area (Å²) < 4.78 is 10.2. The number of carbonyl (C=O) groups is 1. The Balaban J connectivity index is 2.05. The van der Waals surface area contributed by atoms with Gasteiger partial charge in [-0.05, 0) is 42.0 Å². The van der Waals surface area contributed by atoms with Crippen LogP contribution in [-0.2, 0) is 4.79 Å². The maximum absolute atomic E-state index is 11.8. The number of benzene rings is 2. The molecule has 2 aromatic rings. The number of ether oxygens (including phenoxy) is 2. The highest BCUT2D eigenvalue weighted by molar-refractivity contribution is 5.89. The van der Waals surface area contributed by atoms with Crippen molar-refractivity contribution in [3.8, 4) is 11.5 Å². The Bertz CT molecular complexity index is 681. The van der Waals surface area contributed by atoms with E-state index in [2.05, 4.69) is 0 Å². The van der Waals surface area contributed by atoms with Crippen molar-refractivity contribution in [1.82, 2.24) is 0 Å². The van der Waals surface area contributed by atoms with E-state index in [0.717, 1.165) is 5.56 Å². The minimum atomic E-state index is -0.519. The molecule has 0 amide bonds. The molecule has 0 aliphatic carbocycles. The number of nitrogens with two attached hydrogens (primary N) is 2. The first-order valence-electron chi connectivity index (χ1n) is 6.27. The number of esters is 1. The van der Waals surface area contributed by atoms with Crippen molar-refractivity contribution < 1.29 is 14.3 Å². The fraction of sp³-hybridized carbons (Fsp3) is 0.0625. The average molecular weight is 284 g/mol. The summed E-state index contributed by atoms with van der Waals surface area (Å²) in [4.78, 5) is 11.8. The number of carbonyl (C=O) groups excluding carboxylic acids is 1. The monoisotopic (exact) mass is 284 g/mol. The topological polar surface area (TPSA) is 87.6 Å². The average Bonchev–Trinajstić information content (AvgIpc) is 2.48. The van der Waals surface area contributed by atoms with Crippen LogP contribution in [0.15, 0.2) is 48.5 Å². The summed E-state index contributed by atoms with van der Waals surface area (Å²) in [5.41, 5.74) is 13.0. The summed E-state index contributed by atoms with van der Waals surface area (Å²) in [5, 5.41) is 0. The third-order valence-electron chi connectivity index (χ3n) is 2.75.